The molecule has 110 valence electrons. The first kappa shape index (κ1) is 14.9. The largest absolute Gasteiger partial charge is 0.491 e. The number of carboxylic acid groups (broad SMARTS) is 1. The van der Waals surface area contributed by atoms with Gasteiger partial charge in [-0.15, -0.1) is 0 Å². The van der Waals surface area contributed by atoms with Gasteiger partial charge in [0.05, 0.1) is 0 Å². The number of carbonyl (C=O) groups is 1. The number of hydrogen-bond acceptors (Lipinski definition) is 3. The molecule has 0 radical (unpaired) electrons. The number of carboxylic acids is 1. The highest BCUT2D eigenvalue weighted by Crippen LogP contribution is 2.48. The first-order valence-electron chi connectivity index (χ1n) is 7.33. The average Bonchev–Trinajstić information content (AvgIpc) is 3.19. The van der Waals surface area contributed by atoms with Crippen molar-refractivity contribution in [1.82, 2.24) is 5.32 Å². The standard InChI is InChI=1S/C16H23NO3/c1-2-7-16(8-9-16)12-17-10-11-20-14-6-4-3-5-13(14)15(18)19/h3-6,17H,2,7-12H2,1H3,(H,18,19). The average molecular weight is 277 g/mol. The van der Waals surface area contributed by atoms with Crippen LogP contribution in [0.5, 0.6) is 5.75 Å². The van der Waals surface area contributed by atoms with Gasteiger partial charge in [0.1, 0.15) is 17.9 Å². The van der Waals surface area contributed by atoms with E-state index >= 15 is 0 Å². The Kier molecular flexibility index (Phi) is 5.01. The van der Waals surface area contributed by atoms with Crippen molar-refractivity contribution >= 4 is 5.97 Å². The third-order valence-corrected chi connectivity index (χ3v) is 3.89. The Hall–Kier alpha value is -1.55. The molecule has 0 heterocycles. The van der Waals surface area contributed by atoms with Crippen LogP contribution < -0.4 is 10.1 Å². The predicted octanol–water partition coefficient (Wildman–Crippen LogP) is 2.93. The Morgan fingerprint density at radius 1 is 1.40 bits per heavy atom. The van der Waals surface area contributed by atoms with Gasteiger partial charge in [-0.3, -0.25) is 0 Å². The topological polar surface area (TPSA) is 58.6 Å². The van der Waals surface area contributed by atoms with Crippen LogP contribution in [0.4, 0.5) is 0 Å². The van der Waals surface area contributed by atoms with Gasteiger partial charge in [0, 0.05) is 13.1 Å². The van der Waals surface area contributed by atoms with Gasteiger partial charge in [-0.1, -0.05) is 25.5 Å². The van der Waals surface area contributed by atoms with Gasteiger partial charge in [0.15, 0.2) is 0 Å². The van der Waals surface area contributed by atoms with Crippen molar-refractivity contribution in [2.75, 3.05) is 19.7 Å². The molecule has 1 aromatic rings. The second kappa shape index (κ2) is 6.75. The molecule has 1 aliphatic carbocycles. The highest BCUT2D eigenvalue weighted by molar-refractivity contribution is 5.90. The van der Waals surface area contributed by atoms with E-state index in [1.165, 1.54) is 25.7 Å². The summed E-state index contributed by atoms with van der Waals surface area (Å²) < 4.78 is 5.55. The Morgan fingerprint density at radius 2 is 2.15 bits per heavy atom. The summed E-state index contributed by atoms with van der Waals surface area (Å²) >= 11 is 0. The number of rotatable bonds is 9. The highest BCUT2D eigenvalue weighted by atomic mass is 16.5. The van der Waals surface area contributed by atoms with Gasteiger partial charge in [0.25, 0.3) is 0 Å². The van der Waals surface area contributed by atoms with Crippen molar-refractivity contribution in [1.29, 1.82) is 0 Å². The zero-order chi connectivity index (χ0) is 14.4. The summed E-state index contributed by atoms with van der Waals surface area (Å²) in [6.45, 7) is 4.52. The fourth-order valence-electron chi connectivity index (χ4n) is 2.58. The number of benzene rings is 1. The minimum absolute atomic E-state index is 0.220. The summed E-state index contributed by atoms with van der Waals surface area (Å²) in [5, 5.41) is 12.5. The van der Waals surface area contributed by atoms with Crippen LogP contribution in [0, 0.1) is 5.41 Å². The molecule has 1 aliphatic rings. The molecule has 2 N–H and O–H groups in total. The van der Waals surface area contributed by atoms with Crippen molar-refractivity contribution < 1.29 is 14.6 Å². The zero-order valence-electron chi connectivity index (χ0n) is 12.0. The molecule has 0 atom stereocenters. The van der Waals surface area contributed by atoms with E-state index in [1.54, 1.807) is 24.3 Å². The van der Waals surface area contributed by atoms with Crippen LogP contribution >= 0.6 is 0 Å². The van der Waals surface area contributed by atoms with Crippen LogP contribution in [0.15, 0.2) is 24.3 Å². The quantitative estimate of drug-likeness (QED) is 0.681. The van der Waals surface area contributed by atoms with Crippen molar-refractivity contribution in [3.05, 3.63) is 29.8 Å². The summed E-state index contributed by atoms with van der Waals surface area (Å²) in [7, 11) is 0. The van der Waals surface area contributed by atoms with E-state index in [9.17, 15) is 4.79 Å². The van der Waals surface area contributed by atoms with Crippen LogP contribution in [0.2, 0.25) is 0 Å². The van der Waals surface area contributed by atoms with Gasteiger partial charge >= 0.3 is 5.97 Å². The third kappa shape index (κ3) is 3.97. The molecule has 0 unspecified atom stereocenters. The number of para-hydroxylation sites is 1. The van der Waals surface area contributed by atoms with Crippen LogP contribution in [-0.2, 0) is 0 Å². The molecular weight excluding hydrogens is 254 g/mol. The minimum atomic E-state index is -0.951. The lowest BCUT2D eigenvalue weighted by Crippen LogP contribution is -2.28. The maximum absolute atomic E-state index is 11.0. The fraction of sp³-hybridized carbons (Fsp3) is 0.562. The van der Waals surface area contributed by atoms with Gasteiger partial charge in [-0.05, 0) is 36.8 Å². The normalized spacial score (nSPS) is 15.8. The molecule has 0 spiro atoms. The summed E-state index contributed by atoms with van der Waals surface area (Å²) in [5.74, 6) is -0.509. The first-order chi connectivity index (χ1) is 9.67. The van der Waals surface area contributed by atoms with Gasteiger partial charge in [-0.2, -0.15) is 0 Å². The Morgan fingerprint density at radius 3 is 2.80 bits per heavy atom. The third-order valence-electron chi connectivity index (χ3n) is 3.89. The summed E-state index contributed by atoms with van der Waals surface area (Å²) in [4.78, 5) is 11.0. The lowest BCUT2D eigenvalue weighted by atomic mass is 10.0. The Balaban J connectivity index is 1.70. The lowest BCUT2D eigenvalue weighted by Gasteiger charge is -2.15. The number of hydrogen-bond donors (Lipinski definition) is 2. The molecule has 0 saturated heterocycles. The maximum atomic E-state index is 11.0. The Labute approximate surface area is 120 Å². The molecule has 20 heavy (non-hydrogen) atoms. The van der Waals surface area contributed by atoms with Crippen molar-refractivity contribution in [2.24, 2.45) is 5.41 Å². The second-order valence-corrected chi connectivity index (χ2v) is 5.58. The monoisotopic (exact) mass is 277 g/mol. The van der Waals surface area contributed by atoms with Crippen LogP contribution in [0.1, 0.15) is 43.0 Å². The van der Waals surface area contributed by atoms with E-state index in [0.717, 1.165) is 13.1 Å². The van der Waals surface area contributed by atoms with Crippen molar-refractivity contribution in [2.45, 2.75) is 32.6 Å². The molecule has 4 nitrogen and oxygen atoms in total. The maximum Gasteiger partial charge on any atom is 0.339 e. The van der Waals surface area contributed by atoms with E-state index in [-0.39, 0.29) is 5.56 Å². The summed E-state index contributed by atoms with van der Waals surface area (Å²) in [5.41, 5.74) is 0.755. The molecule has 1 fully saturated rings. The van der Waals surface area contributed by atoms with E-state index in [2.05, 4.69) is 12.2 Å². The molecule has 2 rings (SSSR count). The van der Waals surface area contributed by atoms with Gasteiger partial charge in [0.2, 0.25) is 0 Å². The zero-order valence-corrected chi connectivity index (χ0v) is 12.0. The number of nitrogens with one attached hydrogen (secondary N) is 1. The van der Waals surface area contributed by atoms with Crippen molar-refractivity contribution in [3.63, 3.8) is 0 Å². The predicted molar refractivity (Wildman–Crippen MR) is 78.3 cm³/mol. The van der Waals surface area contributed by atoms with Gasteiger partial charge < -0.3 is 15.2 Å². The van der Waals surface area contributed by atoms with E-state index < -0.39 is 5.97 Å². The molecule has 0 bridgehead atoms. The highest BCUT2D eigenvalue weighted by Gasteiger charge is 2.40. The second-order valence-electron chi connectivity index (χ2n) is 5.58. The molecule has 0 amide bonds. The van der Waals surface area contributed by atoms with Crippen LogP contribution in [0.25, 0.3) is 0 Å². The van der Waals surface area contributed by atoms with E-state index in [1.807, 2.05) is 0 Å². The number of ether oxygens (including phenoxy) is 1. The molecular formula is C16H23NO3. The Bertz CT molecular complexity index is 455. The lowest BCUT2D eigenvalue weighted by molar-refractivity contribution is 0.0692. The fourth-order valence-corrected chi connectivity index (χ4v) is 2.58. The first-order valence-corrected chi connectivity index (χ1v) is 7.33. The molecule has 1 saturated carbocycles. The summed E-state index contributed by atoms with van der Waals surface area (Å²) in [6, 6.07) is 6.75. The van der Waals surface area contributed by atoms with Crippen LogP contribution in [0.3, 0.4) is 0 Å². The number of aromatic carboxylic acids is 1. The van der Waals surface area contributed by atoms with E-state index in [0.29, 0.717) is 17.8 Å². The van der Waals surface area contributed by atoms with Gasteiger partial charge in [-0.25, -0.2) is 4.79 Å². The van der Waals surface area contributed by atoms with E-state index in [4.69, 9.17) is 9.84 Å². The summed E-state index contributed by atoms with van der Waals surface area (Å²) in [6.07, 6.45) is 5.19. The molecule has 4 heteroatoms. The van der Waals surface area contributed by atoms with Crippen LogP contribution in [-0.4, -0.2) is 30.8 Å². The minimum Gasteiger partial charge on any atom is -0.491 e. The molecule has 1 aromatic carbocycles. The molecule has 0 aliphatic heterocycles. The van der Waals surface area contributed by atoms with Crippen molar-refractivity contribution in [3.8, 4) is 5.75 Å². The molecule has 0 aromatic heterocycles. The smallest absolute Gasteiger partial charge is 0.339 e. The SMILES string of the molecule is CCCC1(CNCCOc2ccccc2C(=O)O)CC1.